The summed E-state index contributed by atoms with van der Waals surface area (Å²) in [5.41, 5.74) is 10.9. The summed E-state index contributed by atoms with van der Waals surface area (Å²) in [5.74, 6) is 2.47. The van der Waals surface area contributed by atoms with Crippen LogP contribution in [0.1, 0.15) is 107 Å². The molecule has 1 aliphatic carbocycles. The highest BCUT2D eigenvalue weighted by atomic mass is 16.5. The predicted molar refractivity (Wildman–Crippen MR) is 185 cm³/mol. The van der Waals surface area contributed by atoms with Crippen LogP contribution < -0.4 is 20.9 Å². The van der Waals surface area contributed by atoms with Gasteiger partial charge in [0, 0.05) is 26.6 Å². The predicted octanol–water partition coefficient (Wildman–Crippen LogP) is 7.69. The zero-order chi connectivity index (χ0) is 33.8. The van der Waals surface area contributed by atoms with Crippen LogP contribution >= 0.6 is 0 Å². The summed E-state index contributed by atoms with van der Waals surface area (Å²) in [6.45, 7) is 17.0. The summed E-state index contributed by atoms with van der Waals surface area (Å²) < 4.78 is 11.2. The van der Waals surface area contributed by atoms with E-state index in [-0.39, 0.29) is 6.10 Å². The second-order valence-electron chi connectivity index (χ2n) is 10.3. The highest BCUT2D eigenvalue weighted by Crippen LogP contribution is 2.21. The molecule has 1 heterocycles. The molecule has 1 fully saturated rings. The Morgan fingerprint density at radius 1 is 1.07 bits per heavy atom. The van der Waals surface area contributed by atoms with Crippen molar-refractivity contribution in [3.05, 3.63) is 58.8 Å². The fraction of sp³-hybridized carbons (Fsp3) is 0.629. The molecule has 1 saturated carbocycles. The van der Waals surface area contributed by atoms with Gasteiger partial charge < -0.3 is 30.1 Å². The molecule has 0 radical (unpaired) electrons. The lowest BCUT2D eigenvalue weighted by atomic mass is 9.91. The fourth-order valence-corrected chi connectivity index (χ4v) is 4.44. The minimum atomic E-state index is 0.0511. The van der Waals surface area contributed by atoms with Gasteiger partial charge >= 0.3 is 0 Å². The minimum Gasteiger partial charge on any atom is -0.497 e. The number of carbonyl (C=O) groups is 1. The van der Waals surface area contributed by atoms with E-state index in [2.05, 4.69) is 66.0 Å². The Hall–Kier alpha value is -3.17. The molecule has 2 rings (SSSR count). The van der Waals surface area contributed by atoms with Gasteiger partial charge in [-0.3, -0.25) is 4.98 Å². The summed E-state index contributed by atoms with van der Waals surface area (Å²) >= 11 is 0. The molecule has 0 amide bonds. The number of aliphatic hydroxyl groups excluding tert-OH is 1. The number of nitrogens with one attached hydrogen (secondary N) is 3. The molecular weight excluding hydrogens is 554 g/mol. The van der Waals surface area contributed by atoms with E-state index in [0.29, 0.717) is 24.2 Å². The summed E-state index contributed by atoms with van der Waals surface area (Å²) in [7, 11) is 4.57. The van der Waals surface area contributed by atoms with Gasteiger partial charge in [-0.05, 0) is 76.2 Å². The van der Waals surface area contributed by atoms with Gasteiger partial charge in [-0.2, -0.15) is 4.98 Å². The smallest absolute Gasteiger partial charge is 0.234 e. The van der Waals surface area contributed by atoms with E-state index in [1.807, 2.05) is 40.8 Å². The number of anilines is 1. The third-order valence-electron chi connectivity index (χ3n) is 6.45. The van der Waals surface area contributed by atoms with Crippen molar-refractivity contribution in [2.24, 2.45) is 5.92 Å². The third-order valence-corrected chi connectivity index (χ3v) is 6.45. The van der Waals surface area contributed by atoms with Crippen molar-refractivity contribution in [1.29, 1.82) is 0 Å². The van der Waals surface area contributed by atoms with Gasteiger partial charge in [0.1, 0.15) is 17.9 Å². The molecule has 4 N–H and O–H groups in total. The second kappa shape index (κ2) is 28.6. The largest absolute Gasteiger partial charge is 0.497 e. The van der Waals surface area contributed by atoms with Crippen LogP contribution in [-0.4, -0.2) is 55.3 Å². The standard InChI is InChI=1S/C25H41N5O2.C7H12O.C2H6.CH4O/c1-9-11-19(5)22(31-8)14-13-20(6)25(30-26-7)21(12-10-2)15-28-23-16-27-17-24(29-23)32-18(3)4;8-6-7-4-2-1-3-5-7;2*1-2/h11,13-14,16-18,26,30H,9-10,12,15H2,1-8H3,(H,28,29);6-7H,1-5H2;1-2H3;2H,1H3/b19-11+,20-13+,22-14+,25-21+;;;. The van der Waals surface area contributed by atoms with Crippen LogP contribution in [0.5, 0.6) is 5.88 Å². The Labute approximate surface area is 268 Å². The van der Waals surface area contributed by atoms with Gasteiger partial charge in [-0.15, -0.1) is 0 Å². The van der Waals surface area contributed by atoms with Gasteiger partial charge in [-0.1, -0.05) is 65.5 Å². The van der Waals surface area contributed by atoms with E-state index in [0.717, 1.165) is 68.1 Å². The highest BCUT2D eigenvalue weighted by Gasteiger charge is 2.11. The number of allylic oxidation sites excluding steroid dienone is 5. The van der Waals surface area contributed by atoms with E-state index in [9.17, 15) is 4.79 Å². The van der Waals surface area contributed by atoms with Crippen LogP contribution in [0.3, 0.4) is 0 Å². The first kappa shape index (κ1) is 43.0. The SMILES string of the molecule is CC.CC/C=C(C)/C(=C\C=C(C)\C(NNC)=C(\CCC)CNc1cncc(OC(C)C)n1)OC.CO.O=CC1CCCCC1. The third kappa shape index (κ3) is 19.2. The average Bonchev–Trinajstić information content (AvgIpc) is 3.05. The average molecular weight is 618 g/mol. The first-order chi connectivity index (χ1) is 21.3. The number of hydrazine groups is 1. The molecule has 0 aromatic carbocycles. The molecule has 252 valence electrons. The Bertz CT molecular complexity index is 997. The van der Waals surface area contributed by atoms with E-state index >= 15 is 0 Å². The van der Waals surface area contributed by atoms with Crippen LogP contribution in [0.25, 0.3) is 0 Å². The van der Waals surface area contributed by atoms with Crippen LogP contribution in [0.2, 0.25) is 0 Å². The number of carbonyl (C=O) groups excluding carboxylic acids is 1. The molecule has 0 atom stereocenters. The van der Waals surface area contributed by atoms with Gasteiger partial charge in [0.2, 0.25) is 5.88 Å². The zero-order valence-electron chi connectivity index (χ0n) is 29.5. The van der Waals surface area contributed by atoms with E-state index in [1.54, 1.807) is 19.5 Å². The number of ether oxygens (including phenoxy) is 2. The maximum atomic E-state index is 10.2. The van der Waals surface area contributed by atoms with E-state index in [4.69, 9.17) is 14.6 Å². The summed E-state index contributed by atoms with van der Waals surface area (Å²) in [6, 6.07) is 0. The lowest BCUT2D eigenvalue weighted by Gasteiger charge is -2.18. The molecule has 1 aromatic heterocycles. The van der Waals surface area contributed by atoms with Crippen molar-refractivity contribution >= 4 is 12.1 Å². The molecule has 1 aromatic rings. The number of aliphatic hydroxyl groups is 1. The number of rotatable bonds is 15. The van der Waals surface area contributed by atoms with Gasteiger partial charge in [0.15, 0.2) is 0 Å². The van der Waals surface area contributed by atoms with Crippen LogP contribution in [-0.2, 0) is 9.53 Å². The Morgan fingerprint density at radius 3 is 2.23 bits per heavy atom. The second-order valence-corrected chi connectivity index (χ2v) is 10.3. The zero-order valence-corrected chi connectivity index (χ0v) is 29.5. The molecule has 0 saturated heterocycles. The normalized spacial score (nSPS) is 14.4. The van der Waals surface area contributed by atoms with E-state index in [1.165, 1.54) is 24.8 Å². The van der Waals surface area contributed by atoms with Gasteiger partial charge in [0.25, 0.3) is 0 Å². The van der Waals surface area contributed by atoms with Crippen molar-refractivity contribution in [3.8, 4) is 5.88 Å². The number of hydrogen-bond donors (Lipinski definition) is 4. The van der Waals surface area contributed by atoms with Gasteiger partial charge in [-0.25, -0.2) is 5.43 Å². The van der Waals surface area contributed by atoms with Crippen molar-refractivity contribution < 1.29 is 19.4 Å². The number of aldehydes is 1. The number of aromatic nitrogens is 2. The molecule has 0 aliphatic heterocycles. The molecule has 44 heavy (non-hydrogen) atoms. The van der Waals surface area contributed by atoms with Crippen molar-refractivity contribution in [2.45, 2.75) is 113 Å². The van der Waals surface area contributed by atoms with Crippen LogP contribution in [0.4, 0.5) is 5.82 Å². The molecule has 9 heteroatoms. The van der Waals surface area contributed by atoms with E-state index < -0.39 is 0 Å². The molecule has 0 spiro atoms. The first-order valence-corrected chi connectivity index (χ1v) is 16.2. The van der Waals surface area contributed by atoms with Crippen LogP contribution in [0, 0.1) is 5.92 Å². The topological polar surface area (TPSA) is 118 Å². The molecule has 9 nitrogen and oxygen atoms in total. The summed E-state index contributed by atoms with van der Waals surface area (Å²) in [5, 5.41) is 10.4. The van der Waals surface area contributed by atoms with Crippen molar-refractivity contribution in [2.75, 3.05) is 33.1 Å². The monoisotopic (exact) mass is 617 g/mol. The Balaban J connectivity index is 0. The first-order valence-electron chi connectivity index (χ1n) is 16.2. The minimum absolute atomic E-state index is 0.0511. The Kier molecular flexibility index (Phi) is 27.9. The molecule has 1 aliphatic rings. The quantitative estimate of drug-likeness (QED) is 0.0680. The van der Waals surface area contributed by atoms with Crippen LogP contribution in [0.15, 0.2) is 58.8 Å². The maximum Gasteiger partial charge on any atom is 0.234 e. The Morgan fingerprint density at radius 2 is 1.73 bits per heavy atom. The number of nitrogens with zero attached hydrogens (tertiary/aromatic N) is 2. The number of methoxy groups -OCH3 is 1. The van der Waals surface area contributed by atoms with Gasteiger partial charge in [0.05, 0.1) is 31.3 Å². The lowest BCUT2D eigenvalue weighted by molar-refractivity contribution is -0.111. The summed E-state index contributed by atoms with van der Waals surface area (Å²) in [6.07, 6.45) is 19.9. The highest BCUT2D eigenvalue weighted by molar-refractivity contribution is 5.53. The van der Waals surface area contributed by atoms with Crippen molar-refractivity contribution in [1.82, 2.24) is 20.8 Å². The number of hydrogen-bond acceptors (Lipinski definition) is 9. The molecule has 0 unspecified atom stereocenters. The maximum absolute atomic E-state index is 10.2. The molecular formula is C35H63N5O4. The van der Waals surface area contributed by atoms with Crippen molar-refractivity contribution in [3.63, 3.8) is 0 Å². The lowest BCUT2D eigenvalue weighted by Crippen LogP contribution is -2.29. The molecule has 0 bridgehead atoms. The fourth-order valence-electron chi connectivity index (χ4n) is 4.44. The summed E-state index contributed by atoms with van der Waals surface area (Å²) in [4.78, 5) is 18.9.